The maximum Gasteiger partial charge on any atom is 0.434 e. The zero-order valence-corrected chi connectivity index (χ0v) is 10.0. The Bertz CT molecular complexity index is 606. The zero-order valence-electron chi connectivity index (χ0n) is 8.42. The van der Waals surface area contributed by atoms with Crippen LogP contribution in [0.1, 0.15) is 21.7 Å². The first kappa shape index (κ1) is 12.0. The summed E-state index contributed by atoms with van der Waals surface area (Å²) in [5.74, 6) is 0. The van der Waals surface area contributed by atoms with Crippen LogP contribution in [-0.4, -0.2) is 20.9 Å². The van der Waals surface area contributed by atoms with Gasteiger partial charge in [0.2, 0.25) is 0 Å². The van der Waals surface area contributed by atoms with Crippen LogP contribution in [0.3, 0.4) is 0 Å². The van der Waals surface area contributed by atoms with Crippen LogP contribution in [0.25, 0.3) is 5.65 Å². The summed E-state index contributed by atoms with van der Waals surface area (Å²) in [4.78, 5) is 14.4. The number of aryl methyl sites for hydroxylation is 1. The normalized spacial score (nSPS) is 12.1. The summed E-state index contributed by atoms with van der Waals surface area (Å²) in [5, 5.41) is 3.72. The lowest BCUT2D eigenvalue weighted by Crippen LogP contribution is -2.16. The molecular weight excluding hydrogens is 303 g/mol. The van der Waals surface area contributed by atoms with Gasteiger partial charge in [0.1, 0.15) is 0 Å². The fourth-order valence-electron chi connectivity index (χ4n) is 1.45. The van der Waals surface area contributed by atoms with Gasteiger partial charge < -0.3 is 0 Å². The number of alkyl halides is 3. The van der Waals surface area contributed by atoms with Gasteiger partial charge in [-0.3, -0.25) is 4.79 Å². The third kappa shape index (κ3) is 1.82. The van der Waals surface area contributed by atoms with Crippen LogP contribution in [0, 0.1) is 6.92 Å². The van der Waals surface area contributed by atoms with Gasteiger partial charge in [-0.1, -0.05) is 0 Å². The average molecular weight is 308 g/mol. The first-order chi connectivity index (χ1) is 7.86. The first-order valence-corrected chi connectivity index (χ1v) is 5.21. The van der Waals surface area contributed by atoms with Crippen molar-refractivity contribution in [2.75, 3.05) is 0 Å². The van der Waals surface area contributed by atoms with Gasteiger partial charge in [-0.2, -0.15) is 18.3 Å². The zero-order chi connectivity index (χ0) is 12.8. The first-order valence-electron chi connectivity index (χ1n) is 4.42. The SMILES string of the molecule is Cc1nn2c(C(F)(F)F)c(C=O)cnc2c1Br. The van der Waals surface area contributed by atoms with Crippen molar-refractivity contribution < 1.29 is 18.0 Å². The van der Waals surface area contributed by atoms with E-state index in [-0.39, 0.29) is 11.9 Å². The molecule has 2 aromatic rings. The molecule has 0 aliphatic heterocycles. The molecule has 0 saturated carbocycles. The summed E-state index contributed by atoms with van der Waals surface area (Å²) < 4.78 is 39.5. The van der Waals surface area contributed by atoms with Crippen LogP contribution in [0.5, 0.6) is 0 Å². The third-order valence-corrected chi connectivity index (χ3v) is 3.10. The summed E-state index contributed by atoms with van der Waals surface area (Å²) in [5.41, 5.74) is -1.27. The smallest absolute Gasteiger partial charge is 0.298 e. The molecule has 0 radical (unpaired) electrons. The van der Waals surface area contributed by atoms with E-state index in [0.717, 1.165) is 6.20 Å². The van der Waals surface area contributed by atoms with Crippen LogP contribution < -0.4 is 0 Å². The van der Waals surface area contributed by atoms with Gasteiger partial charge in [0.05, 0.1) is 15.7 Å². The van der Waals surface area contributed by atoms with Gasteiger partial charge in [0, 0.05) is 6.20 Å². The number of aromatic nitrogens is 3. The van der Waals surface area contributed by atoms with Crippen LogP contribution in [-0.2, 0) is 6.18 Å². The van der Waals surface area contributed by atoms with Crippen molar-refractivity contribution in [1.29, 1.82) is 0 Å². The molecule has 17 heavy (non-hydrogen) atoms. The topological polar surface area (TPSA) is 47.3 Å². The maximum atomic E-state index is 12.8. The molecule has 2 heterocycles. The number of hydrogen-bond acceptors (Lipinski definition) is 3. The highest BCUT2D eigenvalue weighted by molar-refractivity contribution is 9.10. The number of fused-ring (bicyclic) bond motifs is 1. The molecule has 0 unspecified atom stereocenters. The van der Waals surface area contributed by atoms with Crippen molar-refractivity contribution in [3.05, 3.63) is 27.6 Å². The molecule has 0 bridgehead atoms. The molecule has 0 aliphatic carbocycles. The Balaban J connectivity index is 2.94. The highest BCUT2D eigenvalue weighted by Crippen LogP contribution is 2.33. The highest BCUT2D eigenvalue weighted by atomic mass is 79.9. The maximum absolute atomic E-state index is 12.8. The number of hydrogen-bond donors (Lipinski definition) is 0. The van der Waals surface area contributed by atoms with E-state index in [4.69, 9.17) is 0 Å². The quantitative estimate of drug-likeness (QED) is 0.761. The molecule has 0 spiro atoms. The van der Waals surface area contributed by atoms with Crippen LogP contribution >= 0.6 is 15.9 Å². The molecule has 2 aromatic heterocycles. The van der Waals surface area contributed by atoms with Gasteiger partial charge in [-0.15, -0.1) is 0 Å². The highest BCUT2D eigenvalue weighted by Gasteiger charge is 2.38. The van der Waals surface area contributed by atoms with Crippen molar-refractivity contribution in [3.63, 3.8) is 0 Å². The molecule has 0 N–H and O–H groups in total. The summed E-state index contributed by atoms with van der Waals surface area (Å²) in [6, 6.07) is 0. The Morgan fingerprint density at radius 3 is 2.65 bits per heavy atom. The standard InChI is InChI=1S/C9H5BrF3N3O/c1-4-6(10)8-14-2-5(3-17)7(9(11,12)13)16(8)15-4/h2-3H,1H3. The van der Waals surface area contributed by atoms with Crippen molar-refractivity contribution in [1.82, 2.24) is 14.6 Å². The fourth-order valence-corrected chi connectivity index (χ4v) is 1.80. The molecule has 0 aliphatic rings. The van der Waals surface area contributed by atoms with E-state index in [2.05, 4.69) is 26.0 Å². The molecule has 0 saturated heterocycles. The lowest BCUT2D eigenvalue weighted by Gasteiger charge is -2.10. The van der Waals surface area contributed by atoms with Crippen molar-refractivity contribution in [3.8, 4) is 0 Å². The summed E-state index contributed by atoms with van der Waals surface area (Å²) in [7, 11) is 0. The summed E-state index contributed by atoms with van der Waals surface area (Å²) in [6.07, 6.45) is -3.67. The second-order valence-electron chi connectivity index (χ2n) is 3.31. The van der Waals surface area contributed by atoms with Gasteiger partial charge in [0.15, 0.2) is 17.6 Å². The minimum absolute atomic E-state index is 0.0282. The number of halogens is 4. The van der Waals surface area contributed by atoms with E-state index in [0.29, 0.717) is 14.7 Å². The van der Waals surface area contributed by atoms with Crippen LogP contribution in [0.4, 0.5) is 13.2 Å². The van der Waals surface area contributed by atoms with Gasteiger partial charge in [-0.25, -0.2) is 9.50 Å². The predicted octanol–water partition coefficient (Wildman–Crippen LogP) is 2.63. The van der Waals surface area contributed by atoms with E-state index in [1.165, 1.54) is 0 Å². The van der Waals surface area contributed by atoms with E-state index < -0.39 is 17.4 Å². The van der Waals surface area contributed by atoms with E-state index in [1.807, 2.05) is 0 Å². The Morgan fingerprint density at radius 2 is 2.12 bits per heavy atom. The predicted molar refractivity (Wildman–Crippen MR) is 55.8 cm³/mol. The van der Waals surface area contributed by atoms with Crippen molar-refractivity contribution in [2.24, 2.45) is 0 Å². The lowest BCUT2D eigenvalue weighted by molar-refractivity contribution is -0.143. The molecule has 8 heteroatoms. The second-order valence-corrected chi connectivity index (χ2v) is 4.11. The van der Waals surface area contributed by atoms with E-state index in [1.54, 1.807) is 6.92 Å². The molecule has 0 aromatic carbocycles. The second kappa shape index (κ2) is 3.80. The van der Waals surface area contributed by atoms with E-state index in [9.17, 15) is 18.0 Å². The van der Waals surface area contributed by atoms with E-state index >= 15 is 0 Å². The monoisotopic (exact) mass is 307 g/mol. The average Bonchev–Trinajstić information content (AvgIpc) is 2.52. The van der Waals surface area contributed by atoms with Crippen molar-refractivity contribution in [2.45, 2.75) is 13.1 Å². The lowest BCUT2D eigenvalue weighted by atomic mass is 10.2. The Morgan fingerprint density at radius 1 is 1.47 bits per heavy atom. The molecule has 0 amide bonds. The Hall–Kier alpha value is -1.44. The Labute approximate surface area is 102 Å². The summed E-state index contributed by atoms with van der Waals surface area (Å²) >= 11 is 3.10. The molecule has 2 rings (SSSR count). The minimum Gasteiger partial charge on any atom is -0.298 e. The van der Waals surface area contributed by atoms with Gasteiger partial charge in [-0.05, 0) is 22.9 Å². The molecule has 0 atom stereocenters. The minimum atomic E-state index is -4.67. The van der Waals surface area contributed by atoms with Gasteiger partial charge >= 0.3 is 6.18 Å². The number of rotatable bonds is 1. The van der Waals surface area contributed by atoms with Crippen LogP contribution in [0.15, 0.2) is 10.7 Å². The number of nitrogens with zero attached hydrogens (tertiary/aromatic N) is 3. The number of carbonyl (C=O) groups is 1. The van der Waals surface area contributed by atoms with Gasteiger partial charge in [0.25, 0.3) is 0 Å². The summed E-state index contributed by atoms with van der Waals surface area (Å²) in [6.45, 7) is 1.54. The largest absolute Gasteiger partial charge is 0.434 e. The molecular formula is C9H5BrF3N3O. The Kier molecular flexibility index (Phi) is 2.69. The van der Waals surface area contributed by atoms with Crippen molar-refractivity contribution >= 4 is 27.9 Å². The third-order valence-electron chi connectivity index (χ3n) is 2.17. The fraction of sp³-hybridized carbons (Fsp3) is 0.222. The number of aldehydes is 1. The molecule has 0 fully saturated rings. The van der Waals surface area contributed by atoms with Crippen LogP contribution in [0.2, 0.25) is 0 Å². The number of carbonyl (C=O) groups excluding carboxylic acids is 1. The molecule has 90 valence electrons. The molecule has 4 nitrogen and oxygen atoms in total.